The fraction of sp³-hybridized carbons (Fsp3) is 0.394. The molecule has 2 unspecified atom stereocenters. The number of pyridine rings is 1. The third-order valence-corrected chi connectivity index (χ3v) is 9.77. The molecule has 3 aromatic heterocycles. The van der Waals surface area contributed by atoms with Gasteiger partial charge in [-0.05, 0) is 30.3 Å². The second-order valence-corrected chi connectivity index (χ2v) is 13.7. The van der Waals surface area contributed by atoms with E-state index >= 15 is 0 Å². The number of aliphatic hydroxyl groups excluding tert-OH is 1. The maximum Gasteiger partial charge on any atom is 0.435 e. The third-order valence-electron chi connectivity index (χ3n) is 9.45. The molecule has 51 heavy (non-hydrogen) atoms. The number of aromatic nitrogens is 5. The summed E-state index contributed by atoms with van der Waals surface area (Å²) in [4.78, 5) is 51.4. The third kappa shape index (κ3) is 7.27. The van der Waals surface area contributed by atoms with E-state index in [-0.39, 0.29) is 57.0 Å². The summed E-state index contributed by atoms with van der Waals surface area (Å²) in [6, 6.07) is 6.91. The number of nitrogen functional groups attached to an aromatic ring is 1. The molecule has 5 heterocycles. The highest BCUT2D eigenvalue weighted by Crippen LogP contribution is 2.37. The number of hydrogen-bond acceptors (Lipinski definition) is 8. The zero-order valence-corrected chi connectivity index (χ0v) is 28.8. The quantitative estimate of drug-likeness (QED) is 0.255. The second-order valence-electron chi connectivity index (χ2n) is 13.3. The van der Waals surface area contributed by atoms with E-state index in [0.717, 1.165) is 17.1 Å². The Hall–Kier alpha value is -5.00. The molecule has 4 N–H and O–H groups in total. The Bertz CT molecular complexity index is 1970. The molecule has 14 nitrogen and oxygen atoms in total. The minimum absolute atomic E-state index is 0.0194. The zero-order chi connectivity index (χ0) is 36.8. The van der Waals surface area contributed by atoms with Gasteiger partial charge in [0.05, 0.1) is 66.7 Å². The summed E-state index contributed by atoms with van der Waals surface area (Å²) >= 11 is 6.50. The number of anilines is 2. The van der Waals surface area contributed by atoms with Crippen LogP contribution in [-0.2, 0) is 18.0 Å². The highest BCUT2D eigenvalue weighted by atomic mass is 35.5. The van der Waals surface area contributed by atoms with Crippen molar-refractivity contribution in [3.05, 3.63) is 71.0 Å². The average Bonchev–Trinajstić information content (AvgIpc) is 3.70. The lowest BCUT2D eigenvalue weighted by Crippen LogP contribution is -2.63. The molecule has 0 radical (unpaired) electrons. The molecule has 2 saturated heterocycles. The van der Waals surface area contributed by atoms with Gasteiger partial charge in [-0.3, -0.25) is 14.4 Å². The van der Waals surface area contributed by atoms with Crippen LogP contribution in [0.1, 0.15) is 39.5 Å². The molecule has 4 aromatic rings. The molecule has 18 heteroatoms. The highest BCUT2D eigenvalue weighted by molar-refractivity contribution is 6.34. The lowest BCUT2D eigenvalue weighted by atomic mass is 9.96. The average molecular weight is 730 g/mol. The number of amides is 3. The number of nitrogens with zero attached hydrogens (tertiary/aromatic N) is 8. The number of halogens is 4. The fourth-order valence-electron chi connectivity index (χ4n) is 6.45. The molecule has 3 amide bonds. The van der Waals surface area contributed by atoms with Gasteiger partial charge in [-0.2, -0.15) is 18.3 Å². The van der Waals surface area contributed by atoms with Gasteiger partial charge < -0.3 is 35.0 Å². The number of hydrogen-bond donors (Lipinski definition) is 3. The van der Waals surface area contributed by atoms with Gasteiger partial charge >= 0.3 is 6.18 Å². The number of rotatable bonds is 6. The van der Waals surface area contributed by atoms with E-state index in [0.29, 0.717) is 55.7 Å². The maximum absolute atomic E-state index is 14.0. The minimum Gasteiger partial charge on any atom is -0.397 e. The Kier molecular flexibility index (Phi) is 9.56. The summed E-state index contributed by atoms with van der Waals surface area (Å²) in [5.41, 5.74) is 4.88. The predicted molar refractivity (Wildman–Crippen MR) is 181 cm³/mol. The van der Waals surface area contributed by atoms with Crippen LogP contribution in [0.5, 0.6) is 0 Å². The number of likely N-dealkylation sites (N-methyl/N-ethyl adjacent to an activating group) is 1. The van der Waals surface area contributed by atoms with E-state index in [2.05, 4.69) is 20.4 Å². The number of nitrogens with one attached hydrogen (secondary N) is 1. The number of imidazole rings is 1. The largest absolute Gasteiger partial charge is 0.435 e. The van der Waals surface area contributed by atoms with Gasteiger partial charge in [0.2, 0.25) is 0 Å². The zero-order valence-electron chi connectivity index (χ0n) is 28.1. The van der Waals surface area contributed by atoms with Crippen molar-refractivity contribution in [3.63, 3.8) is 0 Å². The van der Waals surface area contributed by atoms with Crippen molar-refractivity contribution in [2.45, 2.75) is 31.2 Å². The van der Waals surface area contributed by atoms with Crippen LogP contribution in [0.2, 0.25) is 5.02 Å². The first-order valence-corrected chi connectivity index (χ1v) is 16.5. The number of aliphatic hydroxyl groups is 1. The van der Waals surface area contributed by atoms with E-state index in [4.69, 9.17) is 17.3 Å². The minimum atomic E-state index is -4.82. The molecular formula is C33H37ClF3N10O4+. The fourth-order valence-corrected chi connectivity index (χ4v) is 6.72. The molecule has 2 fully saturated rings. The number of nitrogens with two attached hydrogens (primary N) is 1. The van der Waals surface area contributed by atoms with Crippen LogP contribution in [0.3, 0.4) is 0 Å². The smallest absolute Gasteiger partial charge is 0.397 e. The van der Waals surface area contributed by atoms with Crippen LogP contribution in [0.4, 0.5) is 24.5 Å². The van der Waals surface area contributed by atoms with Crippen molar-refractivity contribution < 1.29 is 37.1 Å². The van der Waals surface area contributed by atoms with E-state index in [9.17, 15) is 32.7 Å². The molecule has 1 aromatic carbocycles. The normalized spacial score (nSPS) is 19.2. The summed E-state index contributed by atoms with van der Waals surface area (Å²) in [5, 5.41) is 16.6. The number of alkyl halides is 3. The molecule has 0 aliphatic carbocycles. The van der Waals surface area contributed by atoms with E-state index < -0.39 is 23.9 Å². The van der Waals surface area contributed by atoms with Crippen molar-refractivity contribution in [3.8, 4) is 17.1 Å². The number of piperazine rings is 1. The summed E-state index contributed by atoms with van der Waals surface area (Å²) in [6.45, 7) is 1.99. The van der Waals surface area contributed by atoms with E-state index in [1.165, 1.54) is 48.1 Å². The van der Waals surface area contributed by atoms with Gasteiger partial charge in [-0.1, -0.05) is 11.6 Å². The van der Waals surface area contributed by atoms with Crippen LogP contribution < -0.4 is 11.1 Å². The molecule has 2 aliphatic heterocycles. The Balaban J connectivity index is 1.12. The Morgan fingerprint density at radius 1 is 1.04 bits per heavy atom. The summed E-state index contributed by atoms with van der Waals surface area (Å²) in [6.07, 6.45) is -0.696. The monoisotopic (exact) mass is 729 g/mol. The maximum atomic E-state index is 14.0. The van der Waals surface area contributed by atoms with Crippen molar-refractivity contribution >= 4 is 40.7 Å². The van der Waals surface area contributed by atoms with Gasteiger partial charge in [0.25, 0.3) is 17.7 Å². The molecule has 270 valence electrons. The lowest BCUT2D eigenvalue weighted by molar-refractivity contribution is -0.912. The summed E-state index contributed by atoms with van der Waals surface area (Å²) in [5.74, 6) is -1.18. The number of carbonyl (C=O) groups excluding carboxylic acids is 3. The van der Waals surface area contributed by atoms with Gasteiger partial charge in [-0.25, -0.2) is 14.6 Å². The van der Waals surface area contributed by atoms with E-state index in [1.54, 1.807) is 9.80 Å². The first kappa shape index (κ1) is 35.8. The second kappa shape index (κ2) is 13.6. The predicted octanol–water partition coefficient (Wildman–Crippen LogP) is 3.06. The number of quaternary nitrogens is 1. The summed E-state index contributed by atoms with van der Waals surface area (Å²) < 4.78 is 44.8. The van der Waals surface area contributed by atoms with Gasteiger partial charge in [0.1, 0.15) is 0 Å². The van der Waals surface area contributed by atoms with Gasteiger partial charge in [-0.15, -0.1) is 0 Å². The van der Waals surface area contributed by atoms with Gasteiger partial charge in [0.15, 0.2) is 23.4 Å². The topological polar surface area (TPSA) is 164 Å². The Labute approximate surface area is 295 Å². The molecule has 6 rings (SSSR count). The highest BCUT2D eigenvalue weighted by Gasteiger charge is 2.43. The van der Waals surface area contributed by atoms with Gasteiger partial charge in [0, 0.05) is 58.0 Å². The first-order valence-electron chi connectivity index (χ1n) is 16.1. The first-order chi connectivity index (χ1) is 24.0. The standard InChI is InChI=1S/C33H36ClF3N10O4/c1-43-25(23-18-46(42-28(23)33(35,36)37)27-7-4-19(38)16-39-27)17-40-29(43)30(49)41-20-5-6-22(24(34)14-20)31(50)44-9-11-45(12-10-44)32(51)26-15-21(48)8-13-47(26,2)3/h4-7,14,16-18,21,26,48H,8-13,15,38H2,1-3H3/p+1. The van der Waals surface area contributed by atoms with Crippen molar-refractivity contribution in [2.75, 3.05) is 57.9 Å². The molecule has 2 atom stereocenters. The van der Waals surface area contributed by atoms with Crippen LogP contribution >= 0.6 is 11.6 Å². The van der Waals surface area contributed by atoms with Crippen LogP contribution in [0.15, 0.2) is 48.9 Å². The van der Waals surface area contributed by atoms with Crippen molar-refractivity contribution in [1.82, 2.24) is 34.1 Å². The van der Waals surface area contributed by atoms with Crippen LogP contribution in [-0.4, -0.2) is 120 Å². The molecule has 0 saturated carbocycles. The van der Waals surface area contributed by atoms with Crippen molar-refractivity contribution in [1.29, 1.82) is 0 Å². The van der Waals surface area contributed by atoms with Crippen LogP contribution in [0.25, 0.3) is 17.1 Å². The lowest BCUT2D eigenvalue weighted by Gasteiger charge is -2.45. The molecule has 2 aliphatic rings. The summed E-state index contributed by atoms with van der Waals surface area (Å²) in [7, 11) is 5.38. The number of benzene rings is 1. The number of carbonyl (C=O) groups is 3. The van der Waals surface area contributed by atoms with E-state index in [1.807, 2.05) is 14.1 Å². The Morgan fingerprint density at radius 3 is 2.39 bits per heavy atom. The Morgan fingerprint density at radius 2 is 1.75 bits per heavy atom. The number of piperidine rings is 1. The SMILES string of the molecule is Cn1c(-c2cn(-c3ccc(N)cn3)nc2C(F)(F)F)cnc1C(=O)Nc1ccc(C(=O)N2CCN(C(=O)C3CC(O)CC[N+]3(C)C)CC2)c(Cl)c1. The molecule has 0 bridgehead atoms. The molecular weight excluding hydrogens is 693 g/mol. The molecule has 0 spiro atoms. The number of likely N-dealkylation sites (tertiary alicyclic amines) is 1. The van der Waals surface area contributed by atoms with Crippen LogP contribution in [0, 0.1) is 0 Å². The van der Waals surface area contributed by atoms with Crippen molar-refractivity contribution in [2.24, 2.45) is 7.05 Å².